The van der Waals surface area contributed by atoms with Crippen molar-refractivity contribution in [3.05, 3.63) is 0 Å². The van der Waals surface area contributed by atoms with E-state index < -0.39 is 0 Å². The summed E-state index contributed by atoms with van der Waals surface area (Å²) in [6.07, 6.45) is 6.83. The van der Waals surface area contributed by atoms with Crippen molar-refractivity contribution in [1.82, 2.24) is 10.2 Å². The highest BCUT2D eigenvalue weighted by Gasteiger charge is 2.36. The molecule has 0 bridgehead atoms. The van der Waals surface area contributed by atoms with E-state index in [1.165, 1.54) is 38.8 Å². The van der Waals surface area contributed by atoms with Crippen molar-refractivity contribution >= 4 is 5.91 Å². The number of piperidine rings is 2. The Balaban J connectivity index is 1.77. The van der Waals surface area contributed by atoms with Gasteiger partial charge in [0.15, 0.2) is 0 Å². The number of rotatable bonds is 3. The van der Waals surface area contributed by atoms with Crippen LogP contribution in [0.4, 0.5) is 0 Å². The number of likely N-dealkylation sites (tertiary alicyclic amines) is 1. The molecule has 2 rings (SSSR count). The molecule has 2 heterocycles. The van der Waals surface area contributed by atoms with E-state index in [1.807, 2.05) is 0 Å². The van der Waals surface area contributed by atoms with Gasteiger partial charge in [-0.15, -0.1) is 0 Å². The Kier molecular flexibility index (Phi) is 4.66. The predicted molar refractivity (Wildman–Crippen MR) is 74.4 cm³/mol. The molecule has 2 saturated heterocycles. The van der Waals surface area contributed by atoms with Crippen LogP contribution in [0.3, 0.4) is 0 Å². The fourth-order valence-corrected chi connectivity index (χ4v) is 3.26. The fraction of sp³-hybridized carbons (Fsp3) is 0.933. The topological polar surface area (TPSA) is 32.3 Å². The highest BCUT2D eigenvalue weighted by atomic mass is 16.2. The Bertz CT molecular complexity index is 272. The highest BCUT2D eigenvalue weighted by molar-refractivity contribution is 5.76. The first kappa shape index (κ1) is 13.9. The van der Waals surface area contributed by atoms with Crippen LogP contribution in [0.15, 0.2) is 0 Å². The van der Waals surface area contributed by atoms with E-state index in [0.717, 1.165) is 25.9 Å². The summed E-state index contributed by atoms with van der Waals surface area (Å²) in [5, 5.41) is 3.53. The smallest absolute Gasteiger partial charge is 0.222 e. The van der Waals surface area contributed by atoms with Gasteiger partial charge in [0.05, 0.1) is 0 Å². The van der Waals surface area contributed by atoms with Gasteiger partial charge in [-0.1, -0.05) is 13.8 Å². The summed E-state index contributed by atoms with van der Waals surface area (Å²) in [7, 11) is 0. The van der Waals surface area contributed by atoms with Crippen LogP contribution in [-0.2, 0) is 4.79 Å². The maximum Gasteiger partial charge on any atom is 0.222 e. The molecule has 1 spiro atoms. The van der Waals surface area contributed by atoms with Crippen LogP contribution in [0, 0.1) is 11.3 Å². The summed E-state index contributed by atoms with van der Waals surface area (Å²) < 4.78 is 0. The minimum atomic E-state index is 0.377. The van der Waals surface area contributed by atoms with Gasteiger partial charge in [0.25, 0.3) is 0 Å². The molecule has 0 aromatic carbocycles. The summed E-state index contributed by atoms with van der Waals surface area (Å²) >= 11 is 0. The second kappa shape index (κ2) is 6.05. The Hall–Kier alpha value is -0.570. The van der Waals surface area contributed by atoms with Crippen molar-refractivity contribution in [3.8, 4) is 0 Å². The number of hydrogen-bond donors (Lipinski definition) is 1. The number of carbonyl (C=O) groups excluding carboxylic acids is 1. The van der Waals surface area contributed by atoms with Crippen LogP contribution in [0.2, 0.25) is 0 Å². The number of nitrogens with one attached hydrogen (secondary N) is 1. The summed E-state index contributed by atoms with van der Waals surface area (Å²) in [5.74, 6) is 1.01. The van der Waals surface area contributed by atoms with Crippen molar-refractivity contribution in [2.45, 2.75) is 52.4 Å². The normalized spacial score (nSPS) is 23.6. The third-order valence-corrected chi connectivity index (χ3v) is 4.67. The molecular weight excluding hydrogens is 224 g/mol. The number of hydrogen-bond acceptors (Lipinski definition) is 2. The second-order valence-electron chi connectivity index (χ2n) is 6.59. The Labute approximate surface area is 111 Å². The van der Waals surface area contributed by atoms with E-state index in [4.69, 9.17) is 0 Å². The molecule has 0 atom stereocenters. The summed E-state index contributed by atoms with van der Waals surface area (Å²) in [4.78, 5) is 14.2. The van der Waals surface area contributed by atoms with Gasteiger partial charge in [-0.25, -0.2) is 0 Å². The maximum atomic E-state index is 12.1. The van der Waals surface area contributed by atoms with Crippen LogP contribution >= 0.6 is 0 Å². The molecule has 0 radical (unpaired) electrons. The number of amides is 1. The third-order valence-electron chi connectivity index (χ3n) is 4.67. The quantitative estimate of drug-likeness (QED) is 0.836. The summed E-state index contributed by atoms with van der Waals surface area (Å²) in [6, 6.07) is 0. The lowest BCUT2D eigenvalue weighted by Gasteiger charge is -2.44. The molecule has 3 nitrogen and oxygen atoms in total. The fourth-order valence-electron chi connectivity index (χ4n) is 3.26. The highest BCUT2D eigenvalue weighted by Crippen LogP contribution is 2.37. The van der Waals surface area contributed by atoms with Crippen LogP contribution in [0.1, 0.15) is 52.4 Å². The average molecular weight is 252 g/mol. The van der Waals surface area contributed by atoms with E-state index in [1.54, 1.807) is 0 Å². The zero-order valence-electron chi connectivity index (χ0n) is 12.0. The van der Waals surface area contributed by atoms with Gasteiger partial charge >= 0.3 is 0 Å². The van der Waals surface area contributed by atoms with Crippen molar-refractivity contribution in [3.63, 3.8) is 0 Å². The molecule has 2 fully saturated rings. The third kappa shape index (κ3) is 3.47. The largest absolute Gasteiger partial charge is 0.343 e. The van der Waals surface area contributed by atoms with Crippen LogP contribution in [0.25, 0.3) is 0 Å². The summed E-state index contributed by atoms with van der Waals surface area (Å²) in [6.45, 7) is 8.69. The van der Waals surface area contributed by atoms with Crippen molar-refractivity contribution in [2.75, 3.05) is 26.2 Å². The maximum absolute atomic E-state index is 12.1. The second-order valence-corrected chi connectivity index (χ2v) is 6.59. The van der Waals surface area contributed by atoms with E-state index >= 15 is 0 Å². The first-order valence-corrected chi connectivity index (χ1v) is 7.60. The van der Waals surface area contributed by atoms with Crippen molar-refractivity contribution in [1.29, 1.82) is 0 Å². The minimum Gasteiger partial charge on any atom is -0.343 e. The predicted octanol–water partition coefficient (Wildman–Crippen LogP) is 2.41. The molecule has 18 heavy (non-hydrogen) atoms. The number of carbonyl (C=O) groups is 1. The first-order valence-electron chi connectivity index (χ1n) is 7.60. The van der Waals surface area contributed by atoms with Crippen LogP contribution < -0.4 is 5.32 Å². The lowest BCUT2D eigenvalue weighted by atomic mass is 9.73. The molecular formula is C15H28N2O. The van der Waals surface area contributed by atoms with E-state index in [-0.39, 0.29) is 0 Å². The Morgan fingerprint density at radius 2 is 2.00 bits per heavy atom. The van der Waals surface area contributed by atoms with Gasteiger partial charge < -0.3 is 10.2 Å². The SMILES string of the molecule is CC(C)CCC(=O)N1CCC2(CCCNC2)CC1. The van der Waals surface area contributed by atoms with E-state index in [0.29, 0.717) is 17.2 Å². The van der Waals surface area contributed by atoms with Crippen molar-refractivity contribution < 1.29 is 4.79 Å². The number of nitrogens with zero attached hydrogens (tertiary/aromatic N) is 1. The lowest BCUT2D eigenvalue weighted by Crippen LogP contribution is -2.49. The lowest BCUT2D eigenvalue weighted by molar-refractivity contribution is -0.134. The minimum absolute atomic E-state index is 0.377. The summed E-state index contributed by atoms with van der Waals surface area (Å²) in [5.41, 5.74) is 0.507. The Morgan fingerprint density at radius 1 is 1.28 bits per heavy atom. The molecule has 0 saturated carbocycles. The monoisotopic (exact) mass is 252 g/mol. The van der Waals surface area contributed by atoms with E-state index in [2.05, 4.69) is 24.1 Å². The molecule has 104 valence electrons. The van der Waals surface area contributed by atoms with E-state index in [9.17, 15) is 4.79 Å². The molecule has 3 heteroatoms. The molecule has 0 aromatic rings. The zero-order chi connectivity index (χ0) is 13.0. The van der Waals surface area contributed by atoms with Crippen LogP contribution in [-0.4, -0.2) is 37.0 Å². The standard InChI is InChI=1S/C15H28N2O/c1-13(2)4-5-14(18)17-10-7-15(8-11-17)6-3-9-16-12-15/h13,16H,3-12H2,1-2H3. The average Bonchev–Trinajstić information content (AvgIpc) is 2.38. The van der Waals surface area contributed by atoms with Gasteiger partial charge in [0.1, 0.15) is 0 Å². The van der Waals surface area contributed by atoms with Gasteiger partial charge in [0.2, 0.25) is 5.91 Å². The molecule has 1 amide bonds. The molecule has 1 N–H and O–H groups in total. The van der Waals surface area contributed by atoms with Gasteiger partial charge in [-0.3, -0.25) is 4.79 Å². The van der Waals surface area contributed by atoms with Gasteiger partial charge in [0, 0.05) is 26.1 Å². The molecule has 2 aliphatic heterocycles. The zero-order valence-corrected chi connectivity index (χ0v) is 12.0. The van der Waals surface area contributed by atoms with Gasteiger partial charge in [-0.2, -0.15) is 0 Å². The molecule has 0 aliphatic carbocycles. The molecule has 2 aliphatic rings. The molecule has 0 unspecified atom stereocenters. The van der Waals surface area contributed by atoms with Gasteiger partial charge in [-0.05, 0) is 50.0 Å². The Morgan fingerprint density at radius 3 is 2.56 bits per heavy atom. The van der Waals surface area contributed by atoms with Crippen molar-refractivity contribution in [2.24, 2.45) is 11.3 Å². The first-order chi connectivity index (χ1) is 8.61. The molecule has 0 aromatic heterocycles. The van der Waals surface area contributed by atoms with Crippen LogP contribution in [0.5, 0.6) is 0 Å².